The van der Waals surface area contributed by atoms with Crippen molar-refractivity contribution in [2.75, 3.05) is 26.7 Å². The third kappa shape index (κ3) is 4.42. The topological polar surface area (TPSA) is 86.7 Å². The molecule has 3 atom stereocenters. The number of alkyl halides is 3. The Labute approximate surface area is 239 Å². The van der Waals surface area contributed by atoms with E-state index in [2.05, 4.69) is 14.9 Å². The van der Waals surface area contributed by atoms with Crippen LogP contribution in [0.5, 0.6) is 0 Å². The Kier molecular flexibility index (Phi) is 6.31. The Morgan fingerprint density at radius 1 is 1.15 bits per heavy atom. The van der Waals surface area contributed by atoms with Crippen molar-refractivity contribution in [3.05, 3.63) is 46.1 Å². The van der Waals surface area contributed by atoms with E-state index in [1.807, 2.05) is 27.8 Å². The average molecular weight is 586 g/mol. The molecule has 6 rings (SSSR count). The highest BCUT2D eigenvalue weighted by Crippen LogP contribution is 2.63. The third-order valence-electron chi connectivity index (χ3n) is 8.74. The highest BCUT2D eigenvalue weighted by molar-refractivity contribution is 7.19. The highest BCUT2D eigenvalue weighted by atomic mass is 32.1. The standard InChI is InChI=1S/C29H30F3N5O3S/c1-14-10-19(29(30,31)32)34-23(20(14)25(38)36-9-8-35(5)12-15(36)2)17-6-7-33-18-11-16(41-24(17)18)13-37-26(39)21-22(27(37)40)28(21,3)4/h6-7,10-11,15,21-22H,8-9,12-13H2,1-5H3. The summed E-state index contributed by atoms with van der Waals surface area (Å²) < 4.78 is 42.3. The van der Waals surface area contributed by atoms with Gasteiger partial charge in [0.15, 0.2) is 0 Å². The summed E-state index contributed by atoms with van der Waals surface area (Å²) in [5.74, 6) is -1.36. The lowest BCUT2D eigenvalue weighted by atomic mass is 9.98. The van der Waals surface area contributed by atoms with Crippen LogP contribution < -0.4 is 0 Å². The number of hydrogen-bond acceptors (Lipinski definition) is 7. The largest absolute Gasteiger partial charge is 0.433 e. The normalized spacial score (nSPS) is 24.3. The predicted molar refractivity (Wildman–Crippen MR) is 147 cm³/mol. The van der Waals surface area contributed by atoms with E-state index in [1.165, 1.54) is 29.4 Å². The monoisotopic (exact) mass is 585 g/mol. The lowest BCUT2D eigenvalue weighted by Gasteiger charge is -2.38. The third-order valence-corrected chi connectivity index (χ3v) is 9.88. The molecule has 3 unspecified atom stereocenters. The number of rotatable bonds is 4. The number of nitrogens with zero attached hydrogens (tertiary/aromatic N) is 5. The molecule has 3 aliphatic rings. The van der Waals surface area contributed by atoms with E-state index in [9.17, 15) is 27.6 Å². The summed E-state index contributed by atoms with van der Waals surface area (Å²) >= 11 is 1.24. The highest BCUT2D eigenvalue weighted by Gasteiger charge is 2.72. The first-order chi connectivity index (χ1) is 19.2. The molecule has 0 spiro atoms. The Balaban J connectivity index is 1.43. The van der Waals surface area contributed by atoms with E-state index < -0.39 is 11.9 Å². The molecule has 1 saturated carbocycles. The number of amides is 3. The van der Waals surface area contributed by atoms with Gasteiger partial charge in [-0.2, -0.15) is 13.2 Å². The number of aromatic nitrogens is 2. The number of likely N-dealkylation sites (tertiary alicyclic amines) is 1. The van der Waals surface area contributed by atoms with Gasteiger partial charge in [0.1, 0.15) is 5.69 Å². The maximum atomic E-state index is 13.9. The van der Waals surface area contributed by atoms with Gasteiger partial charge >= 0.3 is 6.18 Å². The second-order valence-electron chi connectivity index (χ2n) is 12.0. The molecule has 3 aromatic heterocycles. The van der Waals surface area contributed by atoms with E-state index in [4.69, 9.17) is 0 Å². The fourth-order valence-corrected chi connectivity index (χ4v) is 7.55. The number of likely N-dealkylation sites (N-methyl/N-ethyl adjacent to an activating group) is 1. The molecule has 5 heterocycles. The molecule has 0 aromatic carbocycles. The van der Waals surface area contributed by atoms with Gasteiger partial charge in [0.25, 0.3) is 5.91 Å². The van der Waals surface area contributed by atoms with Crippen molar-refractivity contribution in [1.29, 1.82) is 0 Å². The van der Waals surface area contributed by atoms with Crippen molar-refractivity contribution in [3.63, 3.8) is 0 Å². The summed E-state index contributed by atoms with van der Waals surface area (Å²) in [6, 6.07) is 4.10. The number of halogens is 3. The number of thiophene rings is 1. The second-order valence-corrected chi connectivity index (χ2v) is 13.1. The van der Waals surface area contributed by atoms with Crippen molar-refractivity contribution in [2.24, 2.45) is 17.3 Å². The number of piperazine rings is 1. The summed E-state index contributed by atoms with van der Waals surface area (Å²) in [7, 11) is 1.96. The Hall–Kier alpha value is -3.38. The minimum Gasteiger partial charge on any atom is -0.333 e. The maximum Gasteiger partial charge on any atom is 0.433 e. The van der Waals surface area contributed by atoms with Crippen molar-refractivity contribution >= 4 is 39.3 Å². The van der Waals surface area contributed by atoms with Gasteiger partial charge in [-0.1, -0.05) is 13.8 Å². The molecule has 2 saturated heterocycles. The molecule has 0 bridgehead atoms. The molecule has 3 amide bonds. The number of carbonyl (C=O) groups excluding carboxylic acids is 3. The Morgan fingerprint density at radius 3 is 2.46 bits per heavy atom. The number of fused-ring (bicyclic) bond motifs is 2. The lowest BCUT2D eigenvalue weighted by molar-refractivity contribution is -0.144. The van der Waals surface area contributed by atoms with Crippen LogP contribution >= 0.6 is 11.3 Å². The van der Waals surface area contributed by atoms with Gasteiger partial charge in [-0.3, -0.25) is 24.3 Å². The summed E-state index contributed by atoms with van der Waals surface area (Å²) in [6.07, 6.45) is -3.23. The summed E-state index contributed by atoms with van der Waals surface area (Å²) in [5.41, 5.74) is -0.282. The van der Waals surface area contributed by atoms with E-state index in [-0.39, 0.29) is 64.4 Å². The van der Waals surface area contributed by atoms with Crippen LogP contribution in [0.2, 0.25) is 0 Å². The molecule has 3 aromatic rings. The van der Waals surface area contributed by atoms with Crippen molar-refractivity contribution in [1.82, 2.24) is 24.7 Å². The zero-order chi connectivity index (χ0) is 29.6. The predicted octanol–water partition coefficient (Wildman–Crippen LogP) is 4.60. The Morgan fingerprint density at radius 2 is 1.83 bits per heavy atom. The van der Waals surface area contributed by atoms with Crippen LogP contribution in [0.1, 0.15) is 47.3 Å². The van der Waals surface area contributed by atoms with Crippen molar-refractivity contribution < 1.29 is 27.6 Å². The second kappa shape index (κ2) is 9.32. The van der Waals surface area contributed by atoms with Gasteiger partial charge in [-0.15, -0.1) is 11.3 Å². The molecule has 1 aliphatic carbocycles. The zero-order valence-electron chi connectivity index (χ0n) is 23.4. The van der Waals surface area contributed by atoms with Crippen LogP contribution in [0.3, 0.4) is 0 Å². The molecule has 8 nitrogen and oxygen atoms in total. The van der Waals surface area contributed by atoms with E-state index in [0.717, 1.165) is 6.07 Å². The quantitative estimate of drug-likeness (QED) is 0.416. The van der Waals surface area contributed by atoms with E-state index in [0.29, 0.717) is 40.3 Å². The van der Waals surface area contributed by atoms with Crippen molar-refractivity contribution in [3.8, 4) is 11.3 Å². The number of pyridine rings is 2. The molecule has 2 aliphatic heterocycles. The molecule has 0 radical (unpaired) electrons. The first-order valence-corrected chi connectivity index (χ1v) is 14.3. The Bertz CT molecular complexity index is 1590. The summed E-state index contributed by atoms with van der Waals surface area (Å²) in [5, 5.41) is 0. The molecule has 216 valence electrons. The molecular weight excluding hydrogens is 555 g/mol. The first kappa shape index (κ1) is 27.8. The molecular formula is C29H30F3N5O3S. The first-order valence-electron chi connectivity index (χ1n) is 13.5. The van der Waals surface area contributed by atoms with Gasteiger partial charge in [-0.05, 0) is 50.1 Å². The minimum absolute atomic E-state index is 0.0504. The summed E-state index contributed by atoms with van der Waals surface area (Å²) in [6.45, 7) is 9.07. The molecule has 0 N–H and O–H groups in total. The minimum atomic E-state index is -4.71. The van der Waals surface area contributed by atoms with Gasteiger partial charge in [-0.25, -0.2) is 4.98 Å². The number of imide groups is 1. The maximum absolute atomic E-state index is 13.9. The van der Waals surface area contributed by atoms with Gasteiger partial charge in [0.2, 0.25) is 11.8 Å². The van der Waals surface area contributed by atoms with Crippen LogP contribution in [0.4, 0.5) is 13.2 Å². The van der Waals surface area contributed by atoms with Gasteiger partial charge in [0, 0.05) is 42.3 Å². The average Bonchev–Trinajstić information content (AvgIpc) is 3.13. The fourth-order valence-electron chi connectivity index (χ4n) is 6.44. The van der Waals surface area contributed by atoms with Crippen molar-refractivity contribution in [2.45, 2.75) is 46.5 Å². The lowest BCUT2D eigenvalue weighted by Crippen LogP contribution is -2.53. The number of hydrogen-bond donors (Lipinski definition) is 0. The van der Waals surface area contributed by atoms with Crippen LogP contribution in [0.25, 0.3) is 21.5 Å². The van der Waals surface area contributed by atoms with Crippen LogP contribution in [-0.4, -0.2) is 75.1 Å². The van der Waals surface area contributed by atoms with Crippen LogP contribution in [0, 0.1) is 24.2 Å². The number of piperidine rings is 1. The van der Waals surface area contributed by atoms with Crippen LogP contribution in [-0.2, 0) is 22.3 Å². The van der Waals surface area contributed by atoms with Crippen LogP contribution in [0.15, 0.2) is 24.4 Å². The summed E-state index contributed by atoms with van der Waals surface area (Å²) in [4.78, 5) is 53.9. The number of aryl methyl sites for hydroxylation is 1. The van der Waals surface area contributed by atoms with E-state index >= 15 is 0 Å². The smallest absolute Gasteiger partial charge is 0.333 e. The van der Waals surface area contributed by atoms with Gasteiger partial charge in [0.05, 0.1) is 39.9 Å². The molecule has 41 heavy (non-hydrogen) atoms. The number of carbonyl (C=O) groups is 3. The zero-order valence-corrected chi connectivity index (χ0v) is 24.2. The van der Waals surface area contributed by atoms with Gasteiger partial charge < -0.3 is 9.80 Å². The molecule has 3 fully saturated rings. The van der Waals surface area contributed by atoms with E-state index in [1.54, 1.807) is 17.0 Å². The SMILES string of the molecule is Cc1cc(C(F)(F)F)nc(-c2ccnc3cc(CN4C(=O)C5C(C4=O)C5(C)C)sc23)c1C(=O)N1CCN(C)CC1C. The molecule has 12 heteroatoms. The fraction of sp³-hybridized carbons (Fsp3) is 0.483.